The molecule has 4 rings (SSSR count). The Bertz CT molecular complexity index is 1190. The second-order valence-corrected chi connectivity index (χ2v) is 10.6. The van der Waals surface area contributed by atoms with Crippen molar-refractivity contribution in [3.63, 3.8) is 0 Å². The van der Waals surface area contributed by atoms with Crippen LogP contribution in [0.25, 0.3) is 11.1 Å². The maximum absolute atomic E-state index is 10.3. The molecule has 1 fully saturated rings. The molecule has 1 heterocycles. The van der Waals surface area contributed by atoms with Crippen molar-refractivity contribution in [3.05, 3.63) is 83.4 Å². The summed E-state index contributed by atoms with van der Waals surface area (Å²) in [5, 5.41) is 32.8. The molecule has 0 saturated carbocycles. The molecule has 3 aromatic rings. The van der Waals surface area contributed by atoms with E-state index in [1.54, 1.807) is 0 Å². The van der Waals surface area contributed by atoms with Gasteiger partial charge in [0.2, 0.25) is 0 Å². The number of nitrogens with one attached hydrogen (secondary N) is 1. The lowest BCUT2D eigenvalue weighted by atomic mass is 9.95. The fraction of sp³-hybridized carbons (Fsp3) is 0.455. The van der Waals surface area contributed by atoms with E-state index in [0.717, 1.165) is 78.2 Å². The Morgan fingerprint density at radius 3 is 2.08 bits per heavy atom. The van der Waals surface area contributed by atoms with Gasteiger partial charge in [0.25, 0.3) is 0 Å². The minimum absolute atomic E-state index is 0.183. The van der Waals surface area contributed by atoms with E-state index in [4.69, 9.17) is 9.47 Å². The quantitative estimate of drug-likeness (QED) is 0.211. The molecule has 0 spiro atoms. The highest BCUT2D eigenvalue weighted by Crippen LogP contribution is 2.35. The van der Waals surface area contributed by atoms with E-state index < -0.39 is 6.10 Å². The highest BCUT2D eigenvalue weighted by Gasteiger charge is 2.20. The average Bonchev–Trinajstić information content (AvgIpc) is 3.39. The monoisotopic (exact) mass is 548 g/mol. The fourth-order valence-electron chi connectivity index (χ4n) is 5.36. The number of β-amino-alcohol motifs (C(OH)–C–C–N with tert-alkyl or cyclic N) is 1. The van der Waals surface area contributed by atoms with Gasteiger partial charge in [-0.25, -0.2) is 0 Å². The van der Waals surface area contributed by atoms with Gasteiger partial charge in [0, 0.05) is 19.6 Å². The number of nitrogens with zero attached hydrogens (tertiary/aromatic N) is 1. The van der Waals surface area contributed by atoms with E-state index in [-0.39, 0.29) is 18.8 Å². The topological polar surface area (TPSA) is 94.4 Å². The van der Waals surface area contributed by atoms with Gasteiger partial charge in [-0.1, -0.05) is 54.6 Å². The number of hydrogen-bond donors (Lipinski definition) is 4. The summed E-state index contributed by atoms with van der Waals surface area (Å²) < 4.78 is 12.3. The molecule has 1 aliphatic heterocycles. The predicted molar refractivity (Wildman–Crippen MR) is 159 cm³/mol. The number of hydrogen-bond acceptors (Lipinski definition) is 7. The molecule has 0 amide bonds. The molecule has 0 bridgehead atoms. The van der Waals surface area contributed by atoms with E-state index in [9.17, 15) is 15.3 Å². The van der Waals surface area contributed by atoms with Crippen LogP contribution in [0.5, 0.6) is 11.5 Å². The lowest BCUT2D eigenvalue weighted by Crippen LogP contribution is -2.35. The highest BCUT2D eigenvalue weighted by atomic mass is 16.5. The largest absolute Gasteiger partial charge is 0.493 e. The van der Waals surface area contributed by atoms with E-state index in [1.807, 2.05) is 54.6 Å². The molecular weight excluding hydrogens is 504 g/mol. The number of ether oxygens (including phenoxy) is 2. The van der Waals surface area contributed by atoms with Crippen LogP contribution in [0.1, 0.15) is 42.0 Å². The smallest absolute Gasteiger partial charge is 0.122 e. The minimum atomic E-state index is -0.871. The normalized spacial score (nSPS) is 17.1. The Labute approximate surface area is 238 Å². The first-order valence-electron chi connectivity index (χ1n) is 14.4. The van der Waals surface area contributed by atoms with Crippen molar-refractivity contribution >= 4 is 0 Å². The van der Waals surface area contributed by atoms with Crippen molar-refractivity contribution in [3.8, 4) is 22.6 Å². The third-order valence-electron chi connectivity index (χ3n) is 7.66. The Kier molecular flexibility index (Phi) is 11.4. The third kappa shape index (κ3) is 8.05. The minimum Gasteiger partial charge on any atom is -0.493 e. The van der Waals surface area contributed by atoms with Crippen molar-refractivity contribution in [2.45, 2.75) is 51.4 Å². The second-order valence-electron chi connectivity index (χ2n) is 10.6. The second kappa shape index (κ2) is 15.2. The van der Waals surface area contributed by atoms with Gasteiger partial charge in [0.1, 0.15) is 11.5 Å². The summed E-state index contributed by atoms with van der Waals surface area (Å²) in [7, 11) is 0. The molecule has 1 saturated heterocycles. The zero-order valence-corrected chi connectivity index (χ0v) is 23.8. The molecule has 0 aromatic heterocycles. The van der Waals surface area contributed by atoms with Crippen molar-refractivity contribution in [1.82, 2.24) is 10.2 Å². The van der Waals surface area contributed by atoms with Gasteiger partial charge in [0.15, 0.2) is 0 Å². The molecule has 0 aliphatic carbocycles. The summed E-state index contributed by atoms with van der Waals surface area (Å²) >= 11 is 0. The van der Waals surface area contributed by atoms with E-state index in [2.05, 4.69) is 36.2 Å². The molecule has 4 N–H and O–H groups in total. The van der Waals surface area contributed by atoms with E-state index >= 15 is 0 Å². The van der Waals surface area contributed by atoms with Gasteiger partial charge in [0.05, 0.1) is 38.1 Å². The summed E-state index contributed by atoms with van der Waals surface area (Å²) in [6, 6.07) is 21.7. The van der Waals surface area contributed by atoms with Gasteiger partial charge < -0.3 is 35.0 Å². The van der Waals surface area contributed by atoms with Crippen LogP contribution < -0.4 is 14.8 Å². The van der Waals surface area contributed by atoms with Crippen molar-refractivity contribution in [1.29, 1.82) is 0 Å². The Morgan fingerprint density at radius 1 is 0.875 bits per heavy atom. The standard InChI is InChI=1S/C33H44N2O5/c1-24-28(29-13-7-15-32(25(29)2)40-21-9-18-35-19-16-27(37)22-35)12-6-14-31(24)39-20-8-17-34-33(30(38)23-36)26-10-4-3-5-11-26/h3-7,10-15,27,30,33-34,36-38H,8-9,16-23H2,1-2H3/t27?,30-,33+/m1/s1. The van der Waals surface area contributed by atoms with Crippen molar-refractivity contribution < 1.29 is 24.8 Å². The summed E-state index contributed by atoms with van der Waals surface area (Å²) in [6.07, 6.45) is 1.49. The number of likely N-dealkylation sites (tertiary alicyclic amines) is 1. The third-order valence-corrected chi connectivity index (χ3v) is 7.66. The molecule has 216 valence electrons. The Hall–Kier alpha value is -2.94. The highest BCUT2D eigenvalue weighted by molar-refractivity contribution is 5.74. The molecule has 3 atom stereocenters. The molecule has 1 aliphatic rings. The zero-order chi connectivity index (χ0) is 28.3. The first kappa shape index (κ1) is 30.0. The number of aliphatic hydroxyl groups excluding tert-OH is 3. The van der Waals surface area contributed by atoms with Crippen LogP contribution in [0.15, 0.2) is 66.7 Å². The van der Waals surface area contributed by atoms with Crippen LogP contribution in [0, 0.1) is 13.8 Å². The van der Waals surface area contributed by atoms with Gasteiger partial charge >= 0.3 is 0 Å². The average molecular weight is 549 g/mol. The number of rotatable bonds is 15. The lowest BCUT2D eigenvalue weighted by molar-refractivity contribution is 0.0620. The van der Waals surface area contributed by atoms with E-state index in [1.165, 1.54) is 0 Å². The van der Waals surface area contributed by atoms with Gasteiger partial charge in [-0.05, 0) is 79.6 Å². The van der Waals surface area contributed by atoms with Crippen LogP contribution in [-0.2, 0) is 0 Å². The van der Waals surface area contributed by atoms with Gasteiger partial charge in [-0.15, -0.1) is 0 Å². The van der Waals surface area contributed by atoms with Crippen LogP contribution in [-0.4, -0.2) is 78.4 Å². The molecule has 3 aromatic carbocycles. The molecule has 1 unspecified atom stereocenters. The molecule has 7 nitrogen and oxygen atoms in total. The molecule has 40 heavy (non-hydrogen) atoms. The molecular formula is C33H44N2O5. The molecule has 0 radical (unpaired) electrons. The first-order valence-corrected chi connectivity index (χ1v) is 14.4. The van der Waals surface area contributed by atoms with Crippen LogP contribution in [0.3, 0.4) is 0 Å². The number of benzene rings is 3. The van der Waals surface area contributed by atoms with Crippen molar-refractivity contribution in [2.75, 3.05) is 46.0 Å². The van der Waals surface area contributed by atoms with Crippen molar-refractivity contribution in [2.24, 2.45) is 0 Å². The predicted octanol–water partition coefficient (Wildman–Crippen LogP) is 4.26. The maximum atomic E-state index is 10.3. The Balaban J connectivity index is 1.30. The van der Waals surface area contributed by atoms with E-state index in [0.29, 0.717) is 19.8 Å². The summed E-state index contributed by atoms with van der Waals surface area (Å²) in [5.41, 5.74) is 5.40. The fourth-order valence-corrected chi connectivity index (χ4v) is 5.36. The van der Waals surface area contributed by atoms with Crippen LogP contribution >= 0.6 is 0 Å². The zero-order valence-electron chi connectivity index (χ0n) is 23.8. The summed E-state index contributed by atoms with van der Waals surface area (Å²) in [4.78, 5) is 2.29. The molecule has 7 heteroatoms. The lowest BCUT2D eigenvalue weighted by Gasteiger charge is -2.23. The maximum Gasteiger partial charge on any atom is 0.122 e. The summed E-state index contributed by atoms with van der Waals surface area (Å²) in [5.74, 6) is 1.75. The SMILES string of the molecule is Cc1c(OCCCN[C@@H](c2ccccc2)[C@H](O)CO)cccc1-c1cccc(OCCCN2CCC(O)C2)c1C. The van der Waals surface area contributed by atoms with Gasteiger partial charge in [-0.2, -0.15) is 0 Å². The first-order chi connectivity index (χ1) is 19.5. The summed E-state index contributed by atoms with van der Waals surface area (Å²) in [6.45, 7) is 8.38. The van der Waals surface area contributed by atoms with Crippen LogP contribution in [0.4, 0.5) is 0 Å². The number of aliphatic hydroxyl groups is 3. The Morgan fingerprint density at radius 2 is 1.50 bits per heavy atom. The van der Waals surface area contributed by atoms with Gasteiger partial charge in [-0.3, -0.25) is 0 Å². The van der Waals surface area contributed by atoms with Crippen LogP contribution in [0.2, 0.25) is 0 Å².